The number of carbonyl (C=O) groups is 3. The molecule has 0 unspecified atom stereocenters. The minimum Gasteiger partial charge on any atom is -0.457 e. The quantitative estimate of drug-likeness (QED) is 0.168. The lowest BCUT2D eigenvalue weighted by Crippen LogP contribution is -2.19. The van der Waals surface area contributed by atoms with Gasteiger partial charge < -0.3 is 20.7 Å². The van der Waals surface area contributed by atoms with Crippen LogP contribution in [0.2, 0.25) is 5.02 Å². The molecule has 0 atom stereocenters. The smallest absolute Gasteiger partial charge is 0.417 e. The molecule has 38 heavy (non-hydrogen) atoms. The predicted octanol–water partition coefficient (Wildman–Crippen LogP) is 5.80. The predicted molar refractivity (Wildman–Crippen MR) is 132 cm³/mol. The van der Waals surface area contributed by atoms with Crippen LogP contribution in [0.3, 0.4) is 0 Å². The van der Waals surface area contributed by atoms with Gasteiger partial charge in [-0.2, -0.15) is 13.2 Å². The SMILES string of the molecule is O=C(CCCC(=O)Nc1cc(Oc2ccc(NC(=O)Nc3ccc(Cl)c(C(F)(F)F)c3)cc2)ccn1)NO. The third kappa shape index (κ3) is 8.64. The van der Waals surface area contributed by atoms with Gasteiger partial charge in [0.25, 0.3) is 0 Å². The summed E-state index contributed by atoms with van der Waals surface area (Å²) in [5.41, 5.74) is 0.680. The summed E-state index contributed by atoms with van der Waals surface area (Å²) < 4.78 is 44.7. The highest BCUT2D eigenvalue weighted by Crippen LogP contribution is 2.36. The first kappa shape index (κ1) is 28.2. The van der Waals surface area contributed by atoms with Gasteiger partial charge in [-0.1, -0.05) is 11.6 Å². The van der Waals surface area contributed by atoms with Crippen molar-refractivity contribution in [3.8, 4) is 11.5 Å². The number of hydrogen-bond acceptors (Lipinski definition) is 6. The normalized spacial score (nSPS) is 10.9. The molecule has 2 aromatic carbocycles. The average Bonchev–Trinajstić information content (AvgIpc) is 2.86. The molecule has 3 aromatic rings. The number of anilines is 3. The second kappa shape index (κ2) is 12.7. The Morgan fingerprint density at radius 2 is 1.53 bits per heavy atom. The van der Waals surface area contributed by atoms with Gasteiger partial charge >= 0.3 is 12.2 Å². The maximum absolute atomic E-state index is 13.0. The van der Waals surface area contributed by atoms with E-state index in [2.05, 4.69) is 20.9 Å². The summed E-state index contributed by atoms with van der Waals surface area (Å²) in [5.74, 6) is 0.0140. The molecule has 0 fully saturated rings. The van der Waals surface area contributed by atoms with E-state index in [1.54, 1.807) is 18.2 Å². The lowest BCUT2D eigenvalue weighted by Gasteiger charge is -2.13. The number of hydrogen-bond donors (Lipinski definition) is 5. The van der Waals surface area contributed by atoms with Crippen molar-refractivity contribution in [1.82, 2.24) is 10.5 Å². The Morgan fingerprint density at radius 3 is 2.21 bits per heavy atom. The molecule has 0 saturated carbocycles. The zero-order chi connectivity index (χ0) is 27.7. The first-order valence-electron chi connectivity index (χ1n) is 10.9. The lowest BCUT2D eigenvalue weighted by atomic mass is 10.2. The number of benzene rings is 2. The number of amides is 4. The van der Waals surface area contributed by atoms with Gasteiger partial charge in [-0.05, 0) is 55.0 Å². The molecule has 0 aliphatic rings. The molecular formula is C24H21ClF3N5O5. The van der Waals surface area contributed by atoms with Crippen molar-refractivity contribution in [3.63, 3.8) is 0 Å². The van der Waals surface area contributed by atoms with Gasteiger partial charge in [0.05, 0.1) is 10.6 Å². The molecule has 0 spiro atoms. The standard InChI is InChI=1S/C24H21ClF3N5O5/c25-19-9-6-15(12-18(19)24(26,27)28)31-23(36)30-14-4-7-16(8-5-14)38-17-10-11-29-20(13-17)32-21(34)2-1-3-22(35)33-37/h4-13,37H,1-3H2,(H,33,35)(H,29,32,34)(H2,30,31,36). The number of rotatable bonds is 9. The number of ether oxygens (including phenoxy) is 1. The summed E-state index contributed by atoms with van der Waals surface area (Å²) in [6.45, 7) is 0. The Hall–Kier alpha value is -4.36. The Morgan fingerprint density at radius 1 is 0.868 bits per heavy atom. The first-order chi connectivity index (χ1) is 18.0. The fraction of sp³-hybridized carbons (Fsp3) is 0.167. The van der Waals surface area contributed by atoms with E-state index in [-0.39, 0.29) is 36.7 Å². The van der Waals surface area contributed by atoms with Crippen LogP contribution < -0.4 is 26.2 Å². The number of nitrogens with zero attached hydrogens (tertiary/aromatic N) is 1. The lowest BCUT2D eigenvalue weighted by molar-refractivity contribution is -0.137. The molecule has 1 heterocycles. The minimum absolute atomic E-state index is 0.00682. The maximum Gasteiger partial charge on any atom is 0.417 e. The Kier molecular flexibility index (Phi) is 9.46. The largest absolute Gasteiger partial charge is 0.457 e. The van der Waals surface area contributed by atoms with Crippen LogP contribution in [-0.2, 0) is 15.8 Å². The number of halogens is 4. The molecule has 0 aliphatic carbocycles. The number of carbonyl (C=O) groups excluding carboxylic acids is 3. The number of aromatic nitrogens is 1. The monoisotopic (exact) mass is 551 g/mol. The van der Waals surface area contributed by atoms with Crippen LogP contribution in [0.1, 0.15) is 24.8 Å². The van der Waals surface area contributed by atoms with E-state index in [1.807, 2.05) is 0 Å². The minimum atomic E-state index is -4.66. The molecule has 200 valence electrons. The van der Waals surface area contributed by atoms with Crippen molar-refractivity contribution < 1.29 is 37.5 Å². The van der Waals surface area contributed by atoms with Gasteiger partial charge in [-0.3, -0.25) is 14.8 Å². The van der Waals surface area contributed by atoms with E-state index in [1.165, 1.54) is 35.9 Å². The third-order valence-corrected chi connectivity index (χ3v) is 5.14. The number of hydroxylamine groups is 1. The zero-order valence-corrected chi connectivity index (χ0v) is 20.2. The van der Waals surface area contributed by atoms with Gasteiger partial charge in [-0.15, -0.1) is 0 Å². The molecular weight excluding hydrogens is 531 g/mol. The summed E-state index contributed by atoms with van der Waals surface area (Å²) in [4.78, 5) is 39.2. The van der Waals surface area contributed by atoms with E-state index in [0.29, 0.717) is 17.2 Å². The second-order valence-electron chi connectivity index (χ2n) is 7.71. The Bertz CT molecular complexity index is 1310. The summed E-state index contributed by atoms with van der Waals surface area (Å²) >= 11 is 5.58. The van der Waals surface area contributed by atoms with Crippen molar-refractivity contribution in [3.05, 3.63) is 71.4 Å². The highest BCUT2D eigenvalue weighted by Gasteiger charge is 2.33. The molecule has 3 rings (SSSR count). The van der Waals surface area contributed by atoms with Gasteiger partial charge in [0.1, 0.15) is 17.3 Å². The summed E-state index contributed by atoms with van der Waals surface area (Å²) in [6.07, 6.45) is -2.97. The second-order valence-corrected chi connectivity index (χ2v) is 8.12. The van der Waals surface area contributed by atoms with Gasteiger partial charge in [-0.25, -0.2) is 15.3 Å². The fourth-order valence-electron chi connectivity index (χ4n) is 3.07. The van der Waals surface area contributed by atoms with E-state index >= 15 is 0 Å². The Labute approximate surface area is 219 Å². The van der Waals surface area contributed by atoms with Gasteiger partial charge in [0.15, 0.2) is 0 Å². The molecule has 0 bridgehead atoms. The van der Waals surface area contributed by atoms with E-state index in [9.17, 15) is 27.6 Å². The van der Waals surface area contributed by atoms with E-state index < -0.39 is 28.7 Å². The van der Waals surface area contributed by atoms with Crippen molar-refractivity contribution >= 4 is 46.6 Å². The van der Waals surface area contributed by atoms with E-state index in [4.69, 9.17) is 21.5 Å². The molecule has 10 nitrogen and oxygen atoms in total. The van der Waals surface area contributed by atoms with Crippen LogP contribution in [0.15, 0.2) is 60.8 Å². The zero-order valence-electron chi connectivity index (χ0n) is 19.4. The highest BCUT2D eigenvalue weighted by atomic mass is 35.5. The molecule has 1 aromatic heterocycles. The van der Waals surface area contributed by atoms with Gasteiger partial charge in [0, 0.05) is 36.5 Å². The van der Waals surface area contributed by atoms with Crippen LogP contribution in [0.25, 0.3) is 0 Å². The summed E-state index contributed by atoms with van der Waals surface area (Å²) in [6, 6.07) is 11.4. The third-order valence-electron chi connectivity index (χ3n) is 4.81. The van der Waals surface area contributed by atoms with Gasteiger partial charge in [0.2, 0.25) is 11.8 Å². The number of pyridine rings is 1. The first-order valence-corrected chi connectivity index (χ1v) is 11.3. The van der Waals surface area contributed by atoms with Crippen molar-refractivity contribution in [2.75, 3.05) is 16.0 Å². The van der Waals surface area contributed by atoms with Crippen LogP contribution in [-0.4, -0.2) is 28.0 Å². The van der Waals surface area contributed by atoms with Crippen LogP contribution in [0.5, 0.6) is 11.5 Å². The number of alkyl halides is 3. The number of urea groups is 1. The van der Waals surface area contributed by atoms with Crippen LogP contribution in [0.4, 0.5) is 35.2 Å². The molecule has 0 aliphatic heterocycles. The molecule has 0 saturated heterocycles. The summed E-state index contributed by atoms with van der Waals surface area (Å²) in [5, 5.41) is 15.4. The molecule has 0 radical (unpaired) electrons. The summed E-state index contributed by atoms with van der Waals surface area (Å²) in [7, 11) is 0. The fourth-order valence-corrected chi connectivity index (χ4v) is 3.29. The number of nitrogens with one attached hydrogen (secondary N) is 4. The van der Waals surface area contributed by atoms with Crippen molar-refractivity contribution in [2.24, 2.45) is 0 Å². The molecule has 4 amide bonds. The van der Waals surface area contributed by atoms with Crippen molar-refractivity contribution in [2.45, 2.75) is 25.4 Å². The van der Waals surface area contributed by atoms with Crippen LogP contribution in [0, 0.1) is 0 Å². The molecule has 14 heteroatoms. The van der Waals surface area contributed by atoms with E-state index in [0.717, 1.165) is 12.1 Å². The average molecular weight is 552 g/mol. The maximum atomic E-state index is 13.0. The Balaban J connectivity index is 1.53. The highest BCUT2D eigenvalue weighted by molar-refractivity contribution is 6.31. The van der Waals surface area contributed by atoms with Crippen molar-refractivity contribution in [1.29, 1.82) is 0 Å². The van der Waals surface area contributed by atoms with Crippen LogP contribution >= 0.6 is 11.6 Å². The topological polar surface area (TPSA) is 142 Å². The molecule has 5 N–H and O–H groups in total.